The molecular weight excluding hydrogens is 352 g/mol. The number of fused-ring (bicyclic) bond motifs is 5. The maximum Gasteiger partial charge on any atom is 0.0459 e. The van der Waals surface area contributed by atoms with Crippen LogP contribution in [0.1, 0.15) is 112 Å². The van der Waals surface area contributed by atoms with Gasteiger partial charge in [-0.2, -0.15) is 0 Å². The maximum absolute atomic E-state index is 9.49. The van der Waals surface area contributed by atoms with E-state index in [1.807, 2.05) is 0 Å². The number of aliphatic hydroxyl groups excluding tert-OH is 1. The van der Waals surface area contributed by atoms with Crippen molar-refractivity contribution < 1.29 is 5.11 Å². The van der Waals surface area contributed by atoms with E-state index in [-0.39, 0.29) is 0 Å². The molecule has 0 aliphatic heterocycles. The summed E-state index contributed by atoms with van der Waals surface area (Å²) >= 11 is 0. The van der Waals surface area contributed by atoms with Gasteiger partial charge in [-0.3, -0.25) is 0 Å². The van der Waals surface area contributed by atoms with Gasteiger partial charge in [-0.25, -0.2) is 0 Å². The molecule has 0 spiro atoms. The lowest BCUT2D eigenvalue weighted by Gasteiger charge is -2.61. The monoisotopic (exact) mass is 402 g/mol. The van der Waals surface area contributed by atoms with Crippen molar-refractivity contribution in [3.63, 3.8) is 0 Å². The summed E-state index contributed by atoms with van der Waals surface area (Å²) in [7, 11) is 0. The van der Waals surface area contributed by atoms with E-state index in [0.29, 0.717) is 29.3 Å². The van der Waals surface area contributed by atoms with E-state index in [1.54, 1.807) is 12.8 Å². The molecule has 1 N–H and O–H groups in total. The zero-order valence-corrected chi connectivity index (χ0v) is 20.3. The summed E-state index contributed by atoms with van der Waals surface area (Å²) in [6.07, 6.45) is 17.9. The minimum Gasteiger partial charge on any atom is -0.396 e. The zero-order chi connectivity index (χ0) is 20.8. The summed E-state index contributed by atoms with van der Waals surface area (Å²) in [5, 5.41) is 9.49. The Kier molecular flexibility index (Phi) is 6.48. The highest BCUT2D eigenvalue weighted by molar-refractivity contribution is 5.09. The molecule has 0 aromatic carbocycles. The fraction of sp³-hybridized carbons (Fsp3) is 1.00. The summed E-state index contributed by atoms with van der Waals surface area (Å²) in [5.74, 6) is 7.06. The second-order valence-corrected chi connectivity index (χ2v) is 12.8. The topological polar surface area (TPSA) is 20.2 Å². The average molecular weight is 403 g/mol. The van der Waals surface area contributed by atoms with Crippen LogP contribution in [0.15, 0.2) is 0 Å². The summed E-state index contributed by atoms with van der Waals surface area (Å²) in [5.41, 5.74) is 1.30. The van der Waals surface area contributed by atoms with Crippen molar-refractivity contribution in [3.05, 3.63) is 0 Å². The fourth-order valence-corrected chi connectivity index (χ4v) is 9.46. The molecule has 1 nitrogen and oxygen atoms in total. The van der Waals surface area contributed by atoms with E-state index >= 15 is 0 Å². The molecule has 1 heteroatoms. The molecule has 0 heterocycles. The molecule has 10 atom stereocenters. The van der Waals surface area contributed by atoms with Crippen LogP contribution in [0, 0.1) is 58.2 Å². The lowest BCUT2D eigenvalue weighted by Crippen LogP contribution is -2.53. The molecule has 2 unspecified atom stereocenters. The SMILES string of the molecule is CC(CO)[C@@H](C)CC[C@@H](C)[C@H]1CC[C@H]2[C@@H]3CCC4CCCC[C@]4(C)[C@H]3CC[C@]12C. The Hall–Kier alpha value is -0.0400. The first-order valence-electron chi connectivity index (χ1n) is 13.4. The molecule has 4 aliphatic rings. The van der Waals surface area contributed by atoms with Gasteiger partial charge < -0.3 is 5.11 Å². The van der Waals surface area contributed by atoms with Gasteiger partial charge in [0.1, 0.15) is 0 Å². The van der Waals surface area contributed by atoms with Gasteiger partial charge in [0.05, 0.1) is 0 Å². The van der Waals surface area contributed by atoms with Crippen molar-refractivity contribution in [1.29, 1.82) is 0 Å². The van der Waals surface area contributed by atoms with E-state index in [4.69, 9.17) is 0 Å². The second-order valence-electron chi connectivity index (χ2n) is 12.8. The Bertz CT molecular complexity index is 557. The smallest absolute Gasteiger partial charge is 0.0459 e. The molecule has 0 bridgehead atoms. The van der Waals surface area contributed by atoms with Gasteiger partial charge in [0.15, 0.2) is 0 Å². The number of rotatable bonds is 6. The molecule has 4 fully saturated rings. The number of hydrogen-bond donors (Lipinski definition) is 1. The normalized spacial score (nSPS) is 47.6. The van der Waals surface area contributed by atoms with E-state index in [9.17, 15) is 5.11 Å². The molecule has 4 aliphatic carbocycles. The molecular formula is C28H50O. The van der Waals surface area contributed by atoms with Crippen LogP contribution in [0.25, 0.3) is 0 Å². The Morgan fingerprint density at radius 2 is 1.52 bits per heavy atom. The Morgan fingerprint density at radius 1 is 0.759 bits per heavy atom. The zero-order valence-electron chi connectivity index (χ0n) is 20.3. The van der Waals surface area contributed by atoms with Crippen molar-refractivity contribution in [2.24, 2.45) is 58.2 Å². The van der Waals surface area contributed by atoms with Crippen LogP contribution >= 0.6 is 0 Å². The quantitative estimate of drug-likeness (QED) is 0.482. The minimum absolute atomic E-state index is 0.349. The molecule has 0 radical (unpaired) electrons. The third-order valence-corrected chi connectivity index (χ3v) is 11.7. The maximum atomic E-state index is 9.49. The summed E-state index contributed by atoms with van der Waals surface area (Å²) < 4.78 is 0. The van der Waals surface area contributed by atoms with Crippen LogP contribution in [0.2, 0.25) is 0 Å². The van der Waals surface area contributed by atoms with Gasteiger partial charge >= 0.3 is 0 Å². The largest absolute Gasteiger partial charge is 0.396 e. The van der Waals surface area contributed by atoms with Crippen LogP contribution in [-0.4, -0.2) is 11.7 Å². The molecule has 168 valence electrons. The van der Waals surface area contributed by atoms with Gasteiger partial charge in [0, 0.05) is 6.61 Å². The molecule has 0 saturated heterocycles. The van der Waals surface area contributed by atoms with E-state index in [2.05, 4.69) is 34.6 Å². The highest BCUT2D eigenvalue weighted by atomic mass is 16.3. The van der Waals surface area contributed by atoms with Crippen molar-refractivity contribution in [2.45, 2.75) is 112 Å². The summed E-state index contributed by atoms with van der Waals surface area (Å²) in [4.78, 5) is 0. The van der Waals surface area contributed by atoms with Crippen LogP contribution in [0.4, 0.5) is 0 Å². The Balaban J connectivity index is 1.44. The molecule has 0 aromatic rings. The van der Waals surface area contributed by atoms with Crippen LogP contribution in [0.3, 0.4) is 0 Å². The van der Waals surface area contributed by atoms with Gasteiger partial charge in [0.25, 0.3) is 0 Å². The van der Waals surface area contributed by atoms with E-state index in [0.717, 1.165) is 35.5 Å². The van der Waals surface area contributed by atoms with Gasteiger partial charge in [-0.05, 0) is 110 Å². The van der Waals surface area contributed by atoms with Crippen LogP contribution in [-0.2, 0) is 0 Å². The lowest BCUT2D eigenvalue weighted by atomic mass is 9.44. The summed E-state index contributed by atoms with van der Waals surface area (Å²) in [6.45, 7) is 12.9. The predicted octanol–water partition coefficient (Wildman–Crippen LogP) is 7.72. The van der Waals surface area contributed by atoms with Gasteiger partial charge in [-0.15, -0.1) is 0 Å². The number of hydrogen-bond acceptors (Lipinski definition) is 1. The van der Waals surface area contributed by atoms with Crippen LogP contribution < -0.4 is 0 Å². The third-order valence-electron chi connectivity index (χ3n) is 11.7. The average Bonchev–Trinajstić information content (AvgIpc) is 3.08. The first kappa shape index (κ1) is 22.2. The standard InChI is InChI=1S/C28H50O/c1-19(21(3)18-29)9-10-20(2)24-13-14-25-23-12-11-22-8-6-7-16-27(22,4)26(23)15-17-28(24,25)5/h19-26,29H,6-18H2,1-5H3/t19-,20+,21?,22?,23-,24+,25-,26-,27-,28+/m0/s1. The first-order chi connectivity index (χ1) is 13.8. The highest BCUT2D eigenvalue weighted by Gasteiger charge is 2.60. The molecule has 0 amide bonds. The Morgan fingerprint density at radius 3 is 2.28 bits per heavy atom. The van der Waals surface area contributed by atoms with Gasteiger partial charge in [0.2, 0.25) is 0 Å². The molecule has 0 aromatic heterocycles. The summed E-state index contributed by atoms with van der Waals surface area (Å²) in [6, 6.07) is 0. The van der Waals surface area contributed by atoms with Crippen molar-refractivity contribution in [3.8, 4) is 0 Å². The minimum atomic E-state index is 0.349. The molecule has 29 heavy (non-hydrogen) atoms. The van der Waals surface area contributed by atoms with Crippen molar-refractivity contribution in [2.75, 3.05) is 6.61 Å². The van der Waals surface area contributed by atoms with Crippen molar-refractivity contribution >= 4 is 0 Å². The predicted molar refractivity (Wildman–Crippen MR) is 124 cm³/mol. The van der Waals surface area contributed by atoms with Gasteiger partial charge in [-0.1, -0.05) is 60.3 Å². The fourth-order valence-electron chi connectivity index (χ4n) is 9.46. The van der Waals surface area contributed by atoms with E-state index < -0.39 is 0 Å². The van der Waals surface area contributed by atoms with Crippen LogP contribution in [0.5, 0.6) is 0 Å². The number of aliphatic hydroxyl groups is 1. The lowest BCUT2D eigenvalue weighted by molar-refractivity contribution is -0.114. The van der Waals surface area contributed by atoms with E-state index in [1.165, 1.54) is 64.2 Å². The molecule has 4 rings (SSSR count). The first-order valence-corrected chi connectivity index (χ1v) is 13.4. The second kappa shape index (κ2) is 8.48. The van der Waals surface area contributed by atoms with Crippen molar-refractivity contribution in [1.82, 2.24) is 0 Å². The molecule has 4 saturated carbocycles. The highest BCUT2D eigenvalue weighted by Crippen LogP contribution is 2.68. The third kappa shape index (κ3) is 3.74. The Labute approximate surface area is 181 Å².